The molecule has 3 saturated heterocycles. The van der Waals surface area contributed by atoms with Crippen molar-refractivity contribution in [2.45, 2.75) is 64.6 Å². The lowest BCUT2D eigenvalue weighted by Crippen LogP contribution is -2.52. The van der Waals surface area contributed by atoms with E-state index in [1.807, 2.05) is 32.0 Å². The number of likely N-dealkylation sites (tertiary alicyclic amines) is 1. The van der Waals surface area contributed by atoms with Crippen LogP contribution in [0.2, 0.25) is 0 Å². The molecule has 0 saturated carbocycles. The van der Waals surface area contributed by atoms with Gasteiger partial charge in [-0.3, -0.25) is 0 Å². The van der Waals surface area contributed by atoms with Gasteiger partial charge < -0.3 is 24.8 Å². The zero-order valence-corrected chi connectivity index (χ0v) is 23.9. The van der Waals surface area contributed by atoms with Gasteiger partial charge in [0.15, 0.2) is 0 Å². The van der Waals surface area contributed by atoms with E-state index in [1.165, 1.54) is 50.4 Å². The van der Waals surface area contributed by atoms with Crippen LogP contribution in [0.5, 0.6) is 6.01 Å². The van der Waals surface area contributed by atoms with Crippen molar-refractivity contribution in [3.63, 3.8) is 0 Å². The Balaban J connectivity index is 0.000000337. The van der Waals surface area contributed by atoms with E-state index in [9.17, 15) is 4.39 Å². The van der Waals surface area contributed by atoms with Crippen molar-refractivity contribution in [1.82, 2.24) is 20.2 Å². The van der Waals surface area contributed by atoms with Crippen molar-refractivity contribution in [2.24, 2.45) is 0 Å². The zero-order valence-electron chi connectivity index (χ0n) is 23.9. The molecule has 1 N–H and O–H groups in total. The highest BCUT2D eigenvalue weighted by Crippen LogP contribution is 2.35. The number of piperazine rings is 1. The minimum absolute atomic E-state index is 0.211. The molecule has 3 fully saturated rings. The van der Waals surface area contributed by atoms with Crippen LogP contribution >= 0.6 is 0 Å². The average molecular weight is 535 g/mol. The predicted octanol–water partition coefficient (Wildman–Crippen LogP) is 5.02. The van der Waals surface area contributed by atoms with Crippen LogP contribution in [0.15, 0.2) is 36.4 Å². The largest absolute Gasteiger partial charge is 0.467 e. The highest BCUT2D eigenvalue weighted by molar-refractivity contribution is 5.94. The molecule has 0 radical (unpaired) electrons. The average Bonchev–Trinajstić information content (AvgIpc) is 3.60. The van der Waals surface area contributed by atoms with Gasteiger partial charge in [0.2, 0.25) is 0 Å². The predicted molar refractivity (Wildman–Crippen MR) is 157 cm³/mol. The third-order valence-corrected chi connectivity index (χ3v) is 8.21. The summed E-state index contributed by atoms with van der Waals surface area (Å²) in [5, 5.41) is 5.67. The van der Waals surface area contributed by atoms with Crippen LogP contribution in [0.1, 0.15) is 50.8 Å². The van der Waals surface area contributed by atoms with E-state index in [-0.39, 0.29) is 5.82 Å². The van der Waals surface area contributed by atoms with Crippen molar-refractivity contribution >= 4 is 22.3 Å². The number of nitrogens with zero attached hydrogens (tertiary/aromatic N) is 5. The summed E-state index contributed by atoms with van der Waals surface area (Å²) >= 11 is 0. The number of hydrogen-bond acceptors (Lipinski definition) is 7. The summed E-state index contributed by atoms with van der Waals surface area (Å²) in [5.41, 5.74) is 3.28. The first-order valence-corrected chi connectivity index (χ1v) is 14.6. The first-order chi connectivity index (χ1) is 19.1. The van der Waals surface area contributed by atoms with Gasteiger partial charge in [-0.1, -0.05) is 32.0 Å². The molecule has 7 rings (SSSR count). The molecule has 1 aromatic heterocycles. The van der Waals surface area contributed by atoms with E-state index in [1.54, 1.807) is 13.2 Å². The van der Waals surface area contributed by atoms with Gasteiger partial charge in [0.1, 0.15) is 11.6 Å². The summed E-state index contributed by atoms with van der Waals surface area (Å²) in [6, 6.07) is 12.6. The molecule has 39 heavy (non-hydrogen) atoms. The fourth-order valence-corrected chi connectivity index (χ4v) is 6.30. The second kappa shape index (κ2) is 12.5. The molecule has 3 aromatic rings. The summed E-state index contributed by atoms with van der Waals surface area (Å²) in [6.45, 7) is 10.1. The van der Waals surface area contributed by atoms with E-state index in [0.29, 0.717) is 24.6 Å². The van der Waals surface area contributed by atoms with Crippen LogP contribution in [-0.4, -0.2) is 73.8 Å². The smallest absolute Gasteiger partial charge is 0.318 e. The van der Waals surface area contributed by atoms with Gasteiger partial charge in [-0.05, 0) is 75.8 Å². The summed E-state index contributed by atoms with van der Waals surface area (Å²) < 4.78 is 19.5. The molecule has 5 heterocycles. The van der Waals surface area contributed by atoms with Crippen LogP contribution in [0, 0.1) is 5.82 Å². The molecular formula is C31H43FN6O. The van der Waals surface area contributed by atoms with Crippen molar-refractivity contribution in [2.75, 3.05) is 56.7 Å². The van der Waals surface area contributed by atoms with Gasteiger partial charge in [-0.15, -0.1) is 0 Å². The van der Waals surface area contributed by atoms with Crippen LogP contribution in [0.4, 0.5) is 15.9 Å². The van der Waals surface area contributed by atoms with Crippen molar-refractivity contribution in [1.29, 1.82) is 0 Å². The van der Waals surface area contributed by atoms with Crippen LogP contribution in [0.3, 0.4) is 0 Å². The minimum atomic E-state index is -0.211. The number of halogens is 1. The highest BCUT2D eigenvalue weighted by Gasteiger charge is 2.35. The third kappa shape index (κ3) is 6.12. The van der Waals surface area contributed by atoms with E-state index in [0.717, 1.165) is 54.0 Å². The SMILES string of the molecule is CC.CN1CCCC1.COc1nc2c(c(N3CC4CCC(C3)N4)n1)CCN(c1cccc3ccc(F)cc13)C2. The number of rotatable bonds is 3. The monoisotopic (exact) mass is 534 g/mol. The Morgan fingerprint density at radius 1 is 0.949 bits per heavy atom. The number of aromatic nitrogens is 2. The standard InChI is InChI=1S/C24H26FN5O.C5H11N.C2H6/c1-31-24-27-21-14-29(22-4-2-3-15-5-6-16(25)11-20(15)22)10-9-19(21)23(28-24)30-12-17-7-8-18(13-30)26-17;1-6-4-2-3-5-6;1-2/h2-6,11,17-18,26H,7-10,12-14H2,1H3;2-5H2,1H3;1-2H3. The van der Waals surface area contributed by atoms with E-state index >= 15 is 0 Å². The molecule has 2 bridgehead atoms. The Morgan fingerprint density at radius 3 is 2.36 bits per heavy atom. The molecule has 0 amide bonds. The van der Waals surface area contributed by atoms with Gasteiger partial charge >= 0.3 is 6.01 Å². The molecule has 4 aliphatic rings. The molecule has 0 spiro atoms. The summed E-state index contributed by atoms with van der Waals surface area (Å²) in [5.74, 6) is 0.820. The third-order valence-electron chi connectivity index (χ3n) is 8.21. The molecule has 2 aromatic carbocycles. The Morgan fingerprint density at radius 2 is 1.69 bits per heavy atom. The molecule has 2 atom stereocenters. The number of benzene rings is 2. The number of methoxy groups -OCH3 is 1. The Kier molecular flexibility index (Phi) is 8.82. The summed E-state index contributed by atoms with van der Waals surface area (Å²) in [4.78, 5) is 16.6. The molecule has 210 valence electrons. The lowest BCUT2D eigenvalue weighted by atomic mass is 10.0. The van der Waals surface area contributed by atoms with Crippen LogP contribution in [-0.2, 0) is 13.0 Å². The number of hydrogen-bond donors (Lipinski definition) is 1. The summed E-state index contributed by atoms with van der Waals surface area (Å²) in [6.07, 6.45) is 6.15. The quantitative estimate of drug-likeness (QED) is 0.507. The molecule has 0 aliphatic carbocycles. The van der Waals surface area contributed by atoms with Gasteiger partial charge in [0.05, 0.1) is 19.3 Å². The van der Waals surface area contributed by atoms with Gasteiger partial charge in [-0.25, -0.2) is 4.39 Å². The van der Waals surface area contributed by atoms with E-state index in [2.05, 4.69) is 33.1 Å². The maximum absolute atomic E-state index is 14.0. The lowest BCUT2D eigenvalue weighted by Gasteiger charge is -2.37. The second-order valence-electron chi connectivity index (χ2n) is 10.8. The maximum Gasteiger partial charge on any atom is 0.318 e. The Hall–Kier alpha value is -2.97. The number of nitrogens with one attached hydrogen (secondary N) is 1. The van der Waals surface area contributed by atoms with Crippen LogP contribution in [0.25, 0.3) is 10.8 Å². The van der Waals surface area contributed by atoms with Crippen molar-refractivity contribution < 1.29 is 9.13 Å². The maximum atomic E-state index is 14.0. The second-order valence-corrected chi connectivity index (χ2v) is 10.8. The highest BCUT2D eigenvalue weighted by atomic mass is 19.1. The molecule has 4 aliphatic heterocycles. The van der Waals surface area contributed by atoms with E-state index in [4.69, 9.17) is 14.7 Å². The fraction of sp³-hybridized carbons (Fsp3) is 0.548. The first-order valence-electron chi connectivity index (χ1n) is 14.6. The van der Waals surface area contributed by atoms with Gasteiger partial charge in [0.25, 0.3) is 0 Å². The van der Waals surface area contributed by atoms with E-state index < -0.39 is 0 Å². The lowest BCUT2D eigenvalue weighted by molar-refractivity contribution is 0.374. The van der Waals surface area contributed by atoms with Gasteiger partial charge in [0, 0.05) is 48.4 Å². The summed E-state index contributed by atoms with van der Waals surface area (Å²) in [7, 11) is 3.80. The number of fused-ring (bicyclic) bond motifs is 4. The minimum Gasteiger partial charge on any atom is -0.467 e. The topological polar surface area (TPSA) is 56.8 Å². The van der Waals surface area contributed by atoms with Crippen molar-refractivity contribution in [3.05, 3.63) is 53.5 Å². The number of anilines is 2. The first kappa shape index (κ1) is 27.6. The molecule has 7 nitrogen and oxygen atoms in total. The molecular weight excluding hydrogens is 491 g/mol. The van der Waals surface area contributed by atoms with Crippen molar-refractivity contribution in [3.8, 4) is 6.01 Å². The fourth-order valence-electron chi connectivity index (χ4n) is 6.30. The number of ether oxygens (including phenoxy) is 1. The Labute approximate surface area is 232 Å². The molecule has 2 unspecified atom stereocenters. The normalized spacial score (nSPS) is 22.1. The Bertz CT molecular complexity index is 1250. The van der Waals surface area contributed by atoms with Gasteiger partial charge in [-0.2, -0.15) is 9.97 Å². The zero-order chi connectivity index (χ0) is 27.4. The molecule has 8 heteroatoms. The van der Waals surface area contributed by atoms with Crippen LogP contribution < -0.4 is 19.9 Å².